The lowest BCUT2D eigenvalue weighted by molar-refractivity contribution is 0.565. The van der Waals surface area contributed by atoms with Crippen LogP contribution in [0.4, 0.5) is 10.1 Å². The number of aliphatic imine (C=N–C) groups is 1. The van der Waals surface area contributed by atoms with E-state index in [-0.39, 0.29) is 5.82 Å². The van der Waals surface area contributed by atoms with Gasteiger partial charge in [-0.05, 0) is 24.3 Å². The summed E-state index contributed by atoms with van der Waals surface area (Å²) in [6.45, 7) is 0. The Labute approximate surface area is 84.5 Å². The highest BCUT2D eigenvalue weighted by molar-refractivity contribution is 5.72. The molecule has 0 bridgehead atoms. The molecule has 1 heterocycles. The van der Waals surface area contributed by atoms with Crippen LogP contribution >= 0.6 is 0 Å². The highest BCUT2D eigenvalue weighted by Crippen LogP contribution is 2.27. The van der Waals surface area contributed by atoms with E-state index in [1.807, 2.05) is 0 Å². The van der Waals surface area contributed by atoms with Gasteiger partial charge < -0.3 is 0 Å². The molecule has 0 unspecified atom stereocenters. The lowest BCUT2D eigenvalue weighted by Crippen LogP contribution is -1.79. The summed E-state index contributed by atoms with van der Waals surface area (Å²) in [5.41, 5.74) is 1.66. The molecule has 15 heavy (non-hydrogen) atoms. The molecule has 0 aliphatic rings. The van der Waals surface area contributed by atoms with E-state index in [1.165, 1.54) is 24.4 Å². The van der Waals surface area contributed by atoms with E-state index in [4.69, 9.17) is 0 Å². The molecule has 0 radical (unpaired) electrons. The molecule has 2 rings (SSSR count). The van der Waals surface area contributed by atoms with Crippen molar-refractivity contribution in [3.8, 4) is 11.3 Å². The molecule has 1 aromatic carbocycles. The third-order valence-electron chi connectivity index (χ3n) is 1.92. The topological polar surface area (TPSA) is 58.1 Å². The zero-order valence-electron chi connectivity index (χ0n) is 7.57. The van der Waals surface area contributed by atoms with Crippen molar-refractivity contribution >= 4 is 11.8 Å². The third kappa shape index (κ3) is 1.82. The average molecular weight is 203 g/mol. The van der Waals surface area contributed by atoms with Crippen LogP contribution < -0.4 is 0 Å². The highest BCUT2D eigenvalue weighted by Gasteiger charge is 2.06. The van der Waals surface area contributed by atoms with Crippen LogP contribution in [0.3, 0.4) is 0 Å². The highest BCUT2D eigenvalue weighted by atomic mass is 19.1. The molecule has 1 N–H and O–H groups in total. The van der Waals surface area contributed by atoms with E-state index in [9.17, 15) is 9.18 Å². The van der Waals surface area contributed by atoms with Gasteiger partial charge in [-0.25, -0.2) is 9.18 Å². The van der Waals surface area contributed by atoms with Gasteiger partial charge in [0.25, 0.3) is 0 Å². The van der Waals surface area contributed by atoms with Crippen LogP contribution in [0.15, 0.2) is 35.5 Å². The van der Waals surface area contributed by atoms with Crippen LogP contribution in [0.1, 0.15) is 0 Å². The number of rotatable bonds is 2. The van der Waals surface area contributed by atoms with E-state index >= 15 is 0 Å². The van der Waals surface area contributed by atoms with Gasteiger partial charge in [-0.1, -0.05) is 0 Å². The fourth-order valence-electron chi connectivity index (χ4n) is 1.24. The summed E-state index contributed by atoms with van der Waals surface area (Å²) >= 11 is 0. The Bertz CT molecular complexity index is 512. The fraction of sp³-hybridized carbons (Fsp3) is 0. The molecule has 74 valence electrons. The van der Waals surface area contributed by atoms with E-state index in [0.717, 1.165) is 0 Å². The number of benzene rings is 1. The third-order valence-corrected chi connectivity index (χ3v) is 1.92. The lowest BCUT2D eigenvalue weighted by Gasteiger charge is -1.97. The Balaban J connectivity index is 2.49. The van der Waals surface area contributed by atoms with Crippen molar-refractivity contribution in [1.29, 1.82) is 0 Å². The Hall–Kier alpha value is -2.26. The van der Waals surface area contributed by atoms with Crippen molar-refractivity contribution in [3.05, 3.63) is 36.3 Å². The van der Waals surface area contributed by atoms with Crippen molar-refractivity contribution in [3.63, 3.8) is 0 Å². The van der Waals surface area contributed by atoms with Gasteiger partial charge in [-0.2, -0.15) is 10.1 Å². The smallest absolute Gasteiger partial charge is 0.240 e. The zero-order valence-corrected chi connectivity index (χ0v) is 7.57. The SMILES string of the molecule is O=C=Nc1cn[nH]c1-c1ccc(F)cc1. The maximum absolute atomic E-state index is 12.7. The molecular formula is C10H6FN3O. The molecule has 0 saturated carbocycles. The Kier molecular flexibility index (Phi) is 2.39. The number of hydrogen-bond acceptors (Lipinski definition) is 3. The number of hydrogen-bond donors (Lipinski definition) is 1. The number of aromatic amines is 1. The number of nitrogens with one attached hydrogen (secondary N) is 1. The Morgan fingerprint density at radius 1 is 1.33 bits per heavy atom. The van der Waals surface area contributed by atoms with E-state index in [2.05, 4.69) is 15.2 Å². The van der Waals surface area contributed by atoms with Gasteiger partial charge in [-0.15, -0.1) is 0 Å². The van der Waals surface area contributed by atoms with E-state index in [0.29, 0.717) is 16.9 Å². The predicted octanol–water partition coefficient (Wildman–Crippen LogP) is 2.18. The van der Waals surface area contributed by atoms with E-state index < -0.39 is 0 Å². The summed E-state index contributed by atoms with van der Waals surface area (Å²) in [7, 11) is 0. The number of isocyanates is 1. The molecule has 2 aromatic rings. The minimum atomic E-state index is -0.321. The summed E-state index contributed by atoms with van der Waals surface area (Å²) in [4.78, 5) is 13.6. The molecule has 5 heteroatoms. The van der Waals surface area contributed by atoms with Crippen LogP contribution in [-0.4, -0.2) is 16.3 Å². The van der Waals surface area contributed by atoms with Crippen LogP contribution in [0, 0.1) is 5.82 Å². The number of halogens is 1. The first-order valence-electron chi connectivity index (χ1n) is 4.18. The molecule has 0 aliphatic heterocycles. The van der Waals surface area contributed by atoms with Crippen molar-refractivity contribution in [2.24, 2.45) is 4.99 Å². The predicted molar refractivity (Wildman–Crippen MR) is 51.8 cm³/mol. The number of carbonyl (C=O) groups excluding carboxylic acids is 1. The molecule has 1 aromatic heterocycles. The number of nitrogens with zero attached hydrogens (tertiary/aromatic N) is 2. The molecule has 0 aliphatic carbocycles. The summed E-state index contributed by atoms with van der Waals surface area (Å²) in [6.07, 6.45) is 2.84. The van der Waals surface area contributed by atoms with Gasteiger partial charge in [0.15, 0.2) is 0 Å². The molecule has 0 amide bonds. The lowest BCUT2D eigenvalue weighted by atomic mass is 10.1. The molecule has 0 spiro atoms. The maximum Gasteiger partial charge on any atom is 0.240 e. The van der Waals surface area contributed by atoms with Crippen LogP contribution in [0.5, 0.6) is 0 Å². The number of H-pyrrole nitrogens is 1. The van der Waals surface area contributed by atoms with Crippen LogP contribution in [-0.2, 0) is 4.79 Å². The molecular weight excluding hydrogens is 197 g/mol. The van der Waals surface area contributed by atoms with Gasteiger partial charge in [0.1, 0.15) is 11.5 Å². The maximum atomic E-state index is 12.7. The monoisotopic (exact) mass is 203 g/mol. The molecule has 0 atom stereocenters. The summed E-state index contributed by atoms with van der Waals surface area (Å²) in [5, 5.41) is 6.43. The summed E-state index contributed by atoms with van der Waals surface area (Å²) in [6, 6.07) is 5.80. The van der Waals surface area contributed by atoms with Crippen LogP contribution in [0.25, 0.3) is 11.3 Å². The minimum absolute atomic E-state index is 0.321. The van der Waals surface area contributed by atoms with Gasteiger partial charge in [0, 0.05) is 5.56 Å². The van der Waals surface area contributed by atoms with Gasteiger partial charge in [0.2, 0.25) is 6.08 Å². The van der Waals surface area contributed by atoms with Crippen molar-refractivity contribution < 1.29 is 9.18 Å². The summed E-state index contributed by atoms with van der Waals surface area (Å²) in [5.74, 6) is -0.321. The Morgan fingerprint density at radius 2 is 2.07 bits per heavy atom. The van der Waals surface area contributed by atoms with Crippen LogP contribution in [0.2, 0.25) is 0 Å². The molecule has 0 fully saturated rings. The van der Waals surface area contributed by atoms with Crippen molar-refractivity contribution in [2.45, 2.75) is 0 Å². The largest absolute Gasteiger partial charge is 0.276 e. The summed E-state index contributed by atoms with van der Waals surface area (Å²) < 4.78 is 12.7. The second-order valence-electron chi connectivity index (χ2n) is 2.84. The number of aromatic nitrogens is 2. The minimum Gasteiger partial charge on any atom is -0.276 e. The van der Waals surface area contributed by atoms with Crippen molar-refractivity contribution in [2.75, 3.05) is 0 Å². The first kappa shape index (κ1) is 9.30. The van der Waals surface area contributed by atoms with E-state index in [1.54, 1.807) is 12.1 Å². The first-order chi connectivity index (χ1) is 7.31. The quantitative estimate of drug-likeness (QED) is 0.600. The second kappa shape index (κ2) is 3.86. The first-order valence-corrected chi connectivity index (χ1v) is 4.18. The second-order valence-corrected chi connectivity index (χ2v) is 2.84. The van der Waals surface area contributed by atoms with Gasteiger partial charge in [0.05, 0.1) is 11.9 Å². The molecule has 0 saturated heterocycles. The zero-order chi connectivity index (χ0) is 10.7. The van der Waals surface area contributed by atoms with Gasteiger partial charge >= 0.3 is 0 Å². The van der Waals surface area contributed by atoms with Gasteiger partial charge in [-0.3, -0.25) is 5.10 Å². The average Bonchev–Trinajstić information content (AvgIpc) is 2.68. The molecule has 4 nitrogen and oxygen atoms in total. The fourth-order valence-corrected chi connectivity index (χ4v) is 1.24. The Morgan fingerprint density at radius 3 is 2.73 bits per heavy atom. The normalized spacial score (nSPS) is 9.67. The standard InChI is InChI=1S/C10H6FN3O/c11-8-3-1-7(2-4-8)10-9(12-6-15)5-13-14-10/h1-5H,(H,13,14). The van der Waals surface area contributed by atoms with Crippen molar-refractivity contribution in [1.82, 2.24) is 10.2 Å².